The van der Waals surface area contributed by atoms with Crippen molar-refractivity contribution in [3.8, 4) is 0 Å². The van der Waals surface area contributed by atoms with E-state index in [1.165, 1.54) is 4.90 Å². The number of rotatable bonds is 2. The molecule has 0 aliphatic carbocycles. The number of hydrogen-bond donors (Lipinski definition) is 1. The van der Waals surface area contributed by atoms with Crippen LogP contribution in [0.5, 0.6) is 0 Å². The van der Waals surface area contributed by atoms with Gasteiger partial charge in [0.15, 0.2) is 9.84 Å². The monoisotopic (exact) mass is 234 g/mol. The van der Waals surface area contributed by atoms with Crippen LogP contribution in [0.4, 0.5) is 0 Å². The molecule has 1 aliphatic rings. The summed E-state index contributed by atoms with van der Waals surface area (Å²) in [6.45, 7) is 3.24. The molecule has 6 heteroatoms. The Hall–Kier alpha value is -0.620. The first-order valence-corrected chi connectivity index (χ1v) is 6.72. The summed E-state index contributed by atoms with van der Waals surface area (Å²) in [5.41, 5.74) is 4.73. The van der Waals surface area contributed by atoms with Crippen molar-refractivity contribution in [3.05, 3.63) is 0 Å². The van der Waals surface area contributed by atoms with Crippen LogP contribution in [0.1, 0.15) is 20.3 Å². The maximum atomic E-state index is 11.8. The van der Waals surface area contributed by atoms with E-state index in [9.17, 15) is 13.2 Å². The molecule has 0 aromatic rings. The molecule has 0 aromatic carbocycles. The highest BCUT2D eigenvalue weighted by Gasteiger charge is 2.36. The van der Waals surface area contributed by atoms with Crippen LogP contribution in [0, 0.1) is 0 Å². The lowest BCUT2D eigenvalue weighted by atomic mass is 10.0. The van der Waals surface area contributed by atoms with Crippen molar-refractivity contribution < 1.29 is 13.2 Å². The molecule has 1 atom stereocenters. The van der Waals surface area contributed by atoms with Crippen LogP contribution in [0.2, 0.25) is 0 Å². The zero-order valence-corrected chi connectivity index (χ0v) is 10.2. The smallest absolute Gasteiger partial charge is 0.242 e. The van der Waals surface area contributed by atoms with Crippen molar-refractivity contribution in [1.29, 1.82) is 0 Å². The quantitative estimate of drug-likeness (QED) is 0.690. The van der Waals surface area contributed by atoms with E-state index in [4.69, 9.17) is 5.73 Å². The Morgan fingerprint density at radius 1 is 1.47 bits per heavy atom. The van der Waals surface area contributed by atoms with E-state index in [0.717, 1.165) is 0 Å². The third-order valence-corrected chi connectivity index (χ3v) is 4.38. The van der Waals surface area contributed by atoms with Gasteiger partial charge in [0, 0.05) is 13.1 Å². The minimum absolute atomic E-state index is 0.0608. The Balaban J connectivity index is 2.72. The average molecular weight is 234 g/mol. The van der Waals surface area contributed by atoms with Gasteiger partial charge in [0.1, 0.15) is 0 Å². The van der Waals surface area contributed by atoms with E-state index >= 15 is 0 Å². The predicted octanol–water partition coefficient (Wildman–Crippen LogP) is -0.631. The second kappa shape index (κ2) is 3.75. The van der Waals surface area contributed by atoms with Crippen LogP contribution in [0.15, 0.2) is 0 Å². The van der Waals surface area contributed by atoms with Crippen molar-refractivity contribution in [2.45, 2.75) is 31.8 Å². The van der Waals surface area contributed by atoms with E-state index in [2.05, 4.69) is 0 Å². The summed E-state index contributed by atoms with van der Waals surface area (Å²) < 4.78 is 22.5. The third-order valence-electron chi connectivity index (χ3n) is 2.63. The molecule has 0 spiro atoms. The summed E-state index contributed by atoms with van der Waals surface area (Å²) >= 11 is 0. The largest absolute Gasteiger partial charge is 0.340 e. The van der Waals surface area contributed by atoms with E-state index in [1.807, 2.05) is 0 Å². The first-order valence-electron chi connectivity index (χ1n) is 4.90. The van der Waals surface area contributed by atoms with Gasteiger partial charge in [-0.3, -0.25) is 4.79 Å². The number of likely N-dealkylation sites (N-methyl/N-ethyl adjacent to an activating group) is 1. The standard InChI is InChI=1S/C9H18N2O3S/c1-9(2,10)8(12)11(3)7-4-5-15(13,14)6-7/h7H,4-6,10H2,1-3H3. The summed E-state index contributed by atoms with van der Waals surface area (Å²) in [7, 11) is -1.34. The summed E-state index contributed by atoms with van der Waals surface area (Å²) in [5, 5.41) is 0. The minimum atomic E-state index is -2.95. The number of hydrogen-bond acceptors (Lipinski definition) is 4. The number of nitrogens with zero attached hydrogens (tertiary/aromatic N) is 1. The van der Waals surface area contributed by atoms with Crippen molar-refractivity contribution in [2.24, 2.45) is 5.73 Å². The molecule has 2 N–H and O–H groups in total. The molecular formula is C9H18N2O3S. The minimum Gasteiger partial charge on any atom is -0.340 e. The second-order valence-corrected chi connectivity index (χ2v) is 6.92. The van der Waals surface area contributed by atoms with Crippen LogP contribution in [0.25, 0.3) is 0 Å². The predicted molar refractivity (Wildman–Crippen MR) is 58.1 cm³/mol. The van der Waals surface area contributed by atoms with Gasteiger partial charge in [-0.05, 0) is 20.3 Å². The van der Waals surface area contributed by atoms with Gasteiger partial charge in [0.25, 0.3) is 0 Å². The first-order chi connectivity index (χ1) is 6.63. The third kappa shape index (κ3) is 2.92. The molecule has 0 aromatic heterocycles. The fraction of sp³-hybridized carbons (Fsp3) is 0.889. The summed E-state index contributed by atoms with van der Waals surface area (Å²) in [6, 6.07) is -0.217. The zero-order chi connectivity index (χ0) is 11.9. The Kier molecular flexibility index (Phi) is 3.11. The van der Waals surface area contributed by atoms with E-state index < -0.39 is 15.4 Å². The lowest BCUT2D eigenvalue weighted by Gasteiger charge is -2.29. The summed E-state index contributed by atoms with van der Waals surface area (Å²) in [4.78, 5) is 13.2. The average Bonchev–Trinajstić information content (AvgIpc) is 2.42. The molecule has 1 unspecified atom stereocenters. The highest BCUT2D eigenvalue weighted by Crippen LogP contribution is 2.18. The number of carbonyl (C=O) groups is 1. The number of carbonyl (C=O) groups excluding carboxylic acids is 1. The normalized spacial score (nSPS) is 25.2. The molecule has 1 aliphatic heterocycles. The van der Waals surface area contributed by atoms with Crippen molar-refractivity contribution in [2.75, 3.05) is 18.6 Å². The zero-order valence-electron chi connectivity index (χ0n) is 9.36. The molecule has 1 fully saturated rings. The van der Waals surface area contributed by atoms with Crippen LogP contribution < -0.4 is 5.73 Å². The molecule has 1 rings (SSSR count). The van der Waals surface area contributed by atoms with Gasteiger partial charge in [-0.1, -0.05) is 0 Å². The molecule has 88 valence electrons. The molecule has 0 saturated carbocycles. The van der Waals surface area contributed by atoms with Gasteiger partial charge < -0.3 is 10.6 Å². The first kappa shape index (κ1) is 12.4. The Morgan fingerprint density at radius 2 is 2.00 bits per heavy atom. The molecule has 1 saturated heterocycles. The topological polar surface area (TPSA) is 80.5 Å². The molecule has 15 heavy (non-hydrogen) atoms. The van der Waals surface area contributed by atoms with Gasteiger partial charge in [0.2, 0.25) is 5.91 Å². The van der Waals surface area contributed by atoms with Gasteiger partial charge in [0.05, 0.1) is 17.0 Å². The maximum absolute atomic E-state index is 11.8. The van der Waals surface area contributed by atoms with Crippen molar-refractivity contribution in [1.82, 2.24) is 4.90 Å². The Morgan fingerprint density at radius 3 is 2.33 bits per heavy atom. The Bertz CT molecular complexity index is 356. The molecule has 0 bridgehead atoms. The highest BCUT2D eigenvalue weighted by atomic mass is 32.2. The lowest BCUT2D eigenvalue weighted by Crippen LogP contribution is -2.53. The number of amides is 1. The van der Waals surface area contributed by atoms with Gasteiger partial charge in [-0.15, -0.1) is 0 Å². The van der Waals surface area contributed by atoms with Crippen LogP contribution >= 0.6 is 0 Å². The highest BCUT2D eigenvalue weighted by molar-refractivity contribution is 7.91. The fourth-order valence-corrected chi connectivity index (χ4v) is 3.48. The Labute approximate surface area is 90.5 Å². The summed E-state index contributed by atoms with van der Waals surface area (Å²) in [5.74, 6) is 0.00982. The van der Waals surface area contributed by atoms with Crippen molar-refractivity contribution >= 4 is 15.7 Å². The fourth-order valence-electron chi connectivity index (χ4n) is 1.70. The second-order valence-electron chi connectivity index (χ2n) is 4.69. The lowest BCUT2D eigenvalue weighted by molar-refractivity contribution is -0.136. The molecule has 5 nitrogen and oxygen atoms in total. The van der Waals surface area contributed by atoms with Gasteiger partial charge >= 0.3 is 0 Å². The van der Waals surface area contributed by atoms with Crippen LogP contribution in [0.3, 0.4) is 0 Å². The van der Waals surface area contributed by atoms with Crippen LogP contribution in [-0.4, -0.2) is 49.4 Å². The van der Waals surface area contributed by atoms with E-state index in [1.54, 1.807) is 20.9 Å². The molecule has 1 amide bonds. The molecule has 1 heterocycles. The van der Waals surface area contributed by atoms with E-state index in [-0.39, 0.29) is 23.5 Å². The summed E-state index contributed by atoms with van der Waals surface area (Å²) in [6.07, 6.45) is 0.515. The number of sulfone groups is 1. The molecular weight excluding hydrogens is 216 g/mol. The maximum Gasteiger partial charge on any atom is 0.242 e. The SMILES string of the molecule is CN(C(=O)C(C)(C)N)C1CCS(=O)(=O)C1. The van der Waals surface area contributed by atoms with Crippen LogP contribution in [-0.2, 0) is 14.6 Å². The molecule has 0 radical (unpaired) electrons. The van der Waals surface area contributed by atoms with E-state index in [0.29, 0.717) is 6.42 Å². The van der Waals surface area contributed by atoms with Gasteiger partial charge in [-0.25, -0.2) is 8.42 Å². The van der Waals surface area contributed by atoms with Crippen molar-refractivity contribution in [3.63, 3.8) is 0 Å². The van der Waals surface area contributed by atoms with Gasteiger partial charge in [-0.2, -0.15) is 0 Å². The number of nitrogens with two attached hydrogens (primary N) is 1.